The molecule has 0 saturated carbocycles. The summed E-state index contributed by atoms with van der Waals surface area (Å²) in [5.41, 5.74) is -4.52. The molecule has 4 atom stereocenters. The number of carbonyl (C=O) groups is 8. The molecule has 0 aromatic heterocycles. The molecule has 77 heavy (non-hydrogen) atoms. The van der Waals surface area contributed by atoms with Crippen LogP contribution in [0.3, 0.4) is 0 Å². The van der Waals surface area contributed by atoms with E-state index in [9.17, 15) is 58.8 Å². The molecule has 4 unspecified atom stereocenters. The predicted octanol–water partition coefficient (Wildman–Crippen LogP) is 4.33. The summed E-state index contributed by atoms with van der Waals surface area (Å²) in [6, 6.07) is 0. The topological polar surface area (TPSA) is 303 Å². The molecule has 0 N–H and O–H groups in total. The van der Waals surface area contributed by atoms with Crippen LogP contribution in [0.15, 0.2) is 0 Å². The van der Waals surface area contributed by atoms with Crippen molar-refractivity contribution in [3.63, 3.8) is 0 Å². The number of hydrogen-bond acceptors (Lipinski definition) is 20. The van der Waals surface area contributed by atoms with Gasteiger partial charge in [-0.05, 0) is 162 Å². The zero-order valence-corrected chi connectivity index (χ0v) is 52.8. The van der Waals surface area contributed by atoms with Crippen LogP contribution in [0.25, 0.3) is 0 Å². The summed E-state index contributed by atoms with van der Waals surface area (Å²) in [5, 5.41) is 44.5. The molecular weight excluding hydrogens is 1040 g/mol. The van der Waals surface area contributed by atoms with Crippen LogP contribution in [0.5, 0.6) is 0 Å². The van der Waals surface area contributed by atoms with Gasteiger partial charge in [0, 0.05) is 0 Å². The van der Waals surface area contributed by atoms with E-state index in [4.69, 9.17) is 37.9 Å². The van der Waals surface area contributed by atoms with Gasteiger partial charge < -0.3 is 77.5 Å². The van der Waals surface area contributed by atoms with Gasteiger partial charge in [0.05, 0.1) is 72.7 Å². The molecule has 0 fully saturated rings. The number of Topliss-reactive ketones (excluding diaryl/α,β-unsaturated/α-hetero) is 4. The van der Waals surface area contributed by atoms with E-state index in [0.717, 1.165) is 0 Å². The molecule has 0 aliphatic rings. The Kier molecular flexibility index (Phi) is 43.2. The zero-order valence-electron chi connectivity index (χ0n) is 51.3. The largest absolute Gasteiger partial charge is 4.00 e. The molecule has 0 saturated heterocycles. The molecule has 0 radical (unpaired) electrons. The fraction of sp³-hybridized carbons (Fsp3) is 0.857. The van der Waals surface area contributed by atoms with E-state index < -0.39 is 93.8 Å². The van der Waals surface area contributed by atoms with Crippen LogP contribution >= 0.6 is 0 Å². The molecule has 0 spiro atoms. The molecule has 0 amide bonds. The summed E-state index contributed by atoms with van der Waals surface area (Å²) < 4.78 is 43.5. The Morgan fingerprint density at radius 1 is 0.273 bits per heavy atom. The van der Waals surface area contributed by atoms with Crippen molar-refractivity contribution in [3.05, 3.63) is 0 Å². The summed E-state index contributed by atoms with van der Waals surface area (Å²) >= 11 is 0. The van der Waals surface area contributed by atoms with E-state index in [2.05, 4.69) is 0 Å². The Morgan fingerprint density at radius 3 is 0.455 bits per heavy atom. The molecule has 0 aliphatic carbocycles. The van der Waals surface area contributed by atoms with Crippen LogP contribution in [0.4, 0.5) is 0 Å². The zero-order chi connectivity index (χ0) is 60.9. The van der Waals surface area contributed by atoms with Gasteiger partial charge in [-0.15, -0.1) is 0 Å². The average molecular weight is 1140 g/mol. The van der Waals surface area contributed by atoms with Crippen LogP contribution in [-0.2, 0) is 98.0 Å². The van der Waals surface area contributed by atoms with E-state index in [1.807, 2.05) is 55.4 Å². The van der Waals surface area contributed by atoms with Crippen LogP contribution in [0, 0.1) is 0 Å². The van der Waals surface area contributed by atoms with Gasteiger partial charge in [0.2, 0.25) is 0 Å². The maximum Gasteiger partial charge on any atom is 4.00 e. The second kappa shape index (κ2) is 40.2. The number of carbonyl (C=O) groups excluding carboxylic acids is 8. The quantitative estimate of drug-likeness (QED) is 0.0623. The van der Waals surface area contributed by atoms with Crippen LogP contribution < -0.4 is 20.4 Å². The summed E-state index contributed by atoms with van der Waals surface area (Å²) in [6.07, 6.45) is -5.39. The van der Waals surface area contributed by atoms with Crippen LogP contribution in [0.1, 0.15) is 218 Å². The number of carboxylic acid groups (broad SMARTS) is 4. The fourth-order valence-corrected chi connectivity index (χ4v) is 8.04. The van der Waals surface area contributed by atoms with Gasteiger partial charge in [-0.2, -0.15) is 0 Å². The Hall–Kier alpha value is -3.05. The number of rotatable bonds is 36. The molecule has 0 heterocycles. The van der Waals surface area contributed by atoms with Gasteiger partial charge in [-0.25, -0.2) is 0 Å². The van der Waals surface area contributed by atoms with Gasteiger partial charge in [-0.3, -0.25) is 19.2 Å². The predicted molar refractivity (Wildman–Crippen MR) is 278 cm³/mol. The van der Waals surface area contributed by atoms with Gasteiger partial charge in [0.25, 0.3) is 0 Å². The summed E-state index contributed by atoms with van der Waals surface area (Å²) in [4.78, 5) is 94.4. The van der Waals surface area contributed by atoms with Crippen molar-refractivity contribution in [2.75, 3.05) is 0 Å². The molecule has 21 heteroatoms. The average Bonchev–Trinajstić information content (AvgIpc) is 3.31. The Morgan fingerprint density at radius 2 is 0.390 bits per heavy atom. The standard InChI is InChI=1S/4C14H26O5.Ti/c4*1-7-14(8-2,19-10(5)6)12(15)11(13(16)17)18-9(3)4;/h4*9-11H,7-8H2,1-6H3,(H,16,17);/q;;;;+4/p-4. The minimum Gasteiger partial charge on any atom is -0.547 e. The van der Waals surface area contributed by atoms with Crippen molar-refractivity contribution in [3.8, 4) is 0 Å². The van der Waals surface area contributed by atoms with Gasteiger partial charge in [-0.1, -0.05) is 55.4 Å². The second-order valence-corrected chi connectivity index (χ2v) is 20.5. The van der Waals surface area contributed by atoms with Gasteiger partial charge >= 0.3 is 21.7 Å². The van der Waals surface area contributed by atoms with E-state index in [1.165, 1.54) is 0 Å². The molecule has 0 aromatic rings. The van der Waals surface area contributed by atoms with Crippen molar-refractivity contribution >= 4 is 47.0 Å². The number of carboxylic acids is 4. The van der Waals surface area contributed by atoms with Crippen molar-refractivity contribution in [1.29, 1.82) is 0 Å². The first kappa shape index (κ1) is 82.8. The van der Waals surface area contributed by atoms with Crippen molar-refractivity contribution in [1.82, 2.24) is 0 Å². The molecule has 0 aromatic carbocycles. The minimum atomic E-state index is -1.58. The Balaban J connectivity index is -0.000000298. The first-order valence-corrected chi connectivity index (χ1v) is 27.1. The molecule has 0 rings (SSSR count). The second-order valence-electron chi connectivity index (χ2n) is 20.5. The van der Waals surface area contributed by atoms with Crippen molar-refractivity contribution in [2.45, 2.75) is 313 Å². The smallest absolute Gasteiger partial charge is 0.547 e. The summed E-state index contributed by atoms with van der Waals surface area (Å²) in [5.74, 6) is -8.34. The summed E-state index contributed by atoms with van der Waals surface area (Å²) in [7, 11) is 0. The van der Waals surface area contributed by atoms with Crippen LogP contribution in [0.2, 0.25) is 0 Å². The Labute approximate surface area is 476 Å². The number of ether oxygens (including phenoxy) is 8. The maximum absolute atomic E-state index is 12.5. The van der Waals surface area contributed by atoms with E-state index in [1.54, 1.807) is 111 Å². The molecule has 448 valence electrons. The molecular formula is C56H100O20Ti. The monoisotopic (exact) mass is 1140 g/mol. The van der Waals surface area contributed by atoms with Crippen molar-refractivity contribution < 1.29 is 118 Å². The normalized spacial score (nSPS) is 13.7. The first-order valence-electron chi connectivity index (χ1n) is 27.1. The minimum absolute atomic E-state index is 0. The van der Waals surface area contributed by atoms with E-state index >= 15 is 0 Å². The van der Waals surface area contributed by atoms with Gasteiger partial charge in [0.15, 0.2) is 47.5 Å². The number of aliphatic carboxylic acids is 4. The maximum atomic E-state index is 12.5. The molecule has 0 bridgehead atoms. The van der Waals surface area contributed by atoms with E-state index in [-0.39, 0.29) is 70.5 Å². The van der Waals surface area contributed by atoms with Crippen LogP contribution in [-0.4, -0.2) is 143 Å². The third-order valence-electron chi connectivity index (χ3n) is 11.7. The fourth-order valence-electron chi connectivity index (χ4n) is 8.04. The van der Waals surface area contributed by atoms with E-state index in [0.29, 0.717) is 51.4 Å². The number of hydrogen-bond donors (Lipinski definition) is 0. The third kappa shape index (κ3) is 28.8. The Bertz CT molecular complexity index is 1480. The molecule has 20 nitrogen and oxygen atoms in total. The third-order valence-corrected chi connectivity index (χ3v) is 11.7. The first-order chi connectivity index (χ1) is 34.8. The number of ketones is 4. The van der Waals surface area contributed by atoms with Gasteiger partial charge in [0.1, 0.15) is 22.4 Å². The molecule has 0 aliphatic heterocycles. The summed E-state index contributed by atoms with van der Waals surface area (Å²) in [6.45, 7) is 42.2. The van der Waals surface area contributed by atoms with Crippen molar-refractivity contribution in [2.24, 2.45) is 0 Å². The SMILES string of the molecule is CCC(CC)(OC(C)C)C(=O)C(OC(C)C)C(=O)[O-].CCC(CC)(OC(C)C)C(=O)C(OC(C)C)C(=O)[O-].CCC(CC)(OC(C)C)C(=O)C(OC(C)C)C(=O)[O-].CCC(CC)(OC(C)C)C(=O)C(OC(C)C)C(=O)[O-].[Ti+4].